The number of hydrogen-bond donors (Lipinski definition) is 10. The molecule has 12 heteroatoms. The molecule has 0 saturated heterocycles. The highest BCUT2D eigenvalue weighted by Crippen LogP contribution is 1.93. The molecule has 0 aromatic rings. The normalized spacial score (nSPS) is 11.7. The summed E-state index contributed by atoms with van der Waals surface area (Å²) in [7, 11) is 0. The zero-order valence-electron chi connectivity index (χ0n) is 23.0. The molecule has 0 fully saturated rings. The summed E-state index contributed by atoms with van der Waals surface area (Å²) in [6, 6.07) is 0. The molecule has 14 N–H and O–H groups in total. The van der Waals surface area contributed by atoms with E-state index in [1.165, 1.54) is 0 Å². The zero-order chi connectivity index (χ0) is 26.5. The average molecular weight is 517 g/mol. The van der Waals surface area contributed by atoms with Crippen LogP contribution in [0.25, 0.3) is 0 Å². The summed E-state index contributed by atoms with van der Waals surface area (Å²) in [6.45, 7) is 18.0. The first-order valence-electron chi connectivity index (χ1n) is 14.0. The molecule has 0 aliphatic carbocycles. The Morgan fingerprint density at radius 3 is 1.19 bits per heavy atom. The summed E-state index contributed by atoms with van der Waals surface area (Å²) in [5.74, 6) is 0. The molecule has 0 atom stereocenters. The maximum absolute atomic E-state index is 7.76. The van der Waals surface area contributed by atoms with Gasteiger partial charge < -0.3 is 54.9 Å². The molecule has 0 saturated carbocycles. The first-order chi connectivity index (χ1) is 17.7. The average Bonchev–Trinajstić information content (AvgIpc) is 2.86. The molecule has 0 aromatic carbocycles. The molecule has 0 rings (SSSR count). The molecule has 0 bridgehead atoms. The van der Waals surface area contributed by atoms with Crippen LogP contribution >= 0.6 is 0 Å². The maximum atomic E-state index is 7.76. The van der Waals surface area contributed by atoms with Gasteiger partial charge in [0.2, 0.25) is 0 Å². The molecule has 0 heterocycles. The summed E-state index contributed by atoms with van der Waals surface area (Å²) in [5.41, 5.74) is 23.3. The molecule has 0 radical (unpaired) electrons. The van der Waals surface area contributed by atoms with Crippen molar-refractivity contribution in [3.05, 3.63) is 0 Å². The monoisotopic (exact) mass is 517 g/mol. The highest BCUT2D eigenvalue weighted by molar-refractivity contribution is 5.81. The summed E-state index contributed by atoms with van der Waals surface area (Å²) in [5, 5.41) is 25.1. The zero-order valence-corrected chi connectivity index (χ0v) is 23.0. The van der Waals surface area contributed by atoms with Crippen LogP contribution in [-0.2, 0) is 0 Å². The second-order valence-electron chi connectivity index (χ2n) is 9.05. The summed E-state index contributed by atoms with van der Waals surface area (Å²) >= 11 is 0. The number of nitrogens with two attached hydrogens (primary N) is 4. The van der Waals surface area contributed by atoms with Crippen LogP contribution in [-0.4, -0.2) is 146 Å². The van der Waals surface area contributed by atoms with E-state index < -0.39 is 0 Å². The predicted octanol–water partition coefficient (Wildman–Crippen LogP) is -3.44. The smallest absolute Gasteiger partial charge is 0.0108 e. The maximum Gasteiger partial charge on any atom is 0.0108 e. The van der Waals surface area contributed by atoms with Gasteiger partial charge in [0, 0.05) is 124 Å². The van der Waals surface area contributed by atoms with Gasteiger partial charge in [-0.25, -0.2) is 0 Å². The Hall–Kier alpha value is -0.770. The molecular formula is C24H60N12. The summed E-state index contributed by atoms with van der Waals surface area (Å²) < 4.78 is 0. The molecule has 0 aromatic heterocycles. The fourth-order valence-corrected chi connectivity index (χ4v) is 3.81. The lowest BCUT2D eigenvalue weighted by Crippen LogP contribution is -2.41. The molecular weight excluding hydrogens is 456 g/mol. The molecule has 0 spiro atoms. The molecule has 0 aliphatic rings. The van der Waals surface area contributed by atoms with Gasteiger partial charge in [0.15, 0.2) is 0 Å². The minimum Gasteiger partial charge on any atom is -0.330 e. The van der Waals surface area contributed by atoms with E-state index in [0.29, 0.717) is 32.6 Å². The third-order valence-corrected chi connectivity index (χ3v) is 5.86. The minimum absolute atomic E-state index is 0.576. The molecule has 36 heavy (non-hydrogen) atoms. The summed E-state index contributed by atoms with van der Waals surface area (Å²) in [6.07, 6.45) is 2.56. The van der Waals surface area contributed by atoms with E-state index >= 15 is 0 Å². The molecule has 0 unspecified atom stereocenters. The van der Waals surface area contributed by atoms with Crippen LogP contribution in [0.15, 0.2) is 0 Å². The Bertz CT molecular complexity index is 449. The van der Waals surface area contributed by atoms with Crippen molar-refractivity contribution in [2.45, 2.75) is 19.3 Å². The van der Waals surface area contributed by atoms with E-state index in [0.717, 1.165) is 123 Å². The van der Waals surface area contributed by atoms with Gasteiger partial charge in [-0.2, -0.15) is 0 Å². The Morgan fingerprint density at radius 2 is 0.806 bits per heavy atom. The number of nitrogens with one attached hydrogen (secondary N) is 6. The molecule has 0 aliphatic heterocycles. The van der Waals surface area contributed by atoms with Crippen molar-refractivity contribution < 1.29 is 0 Å². The lowest BCUT2D eigenvalue weighted by atomic mass is 10.1. The van der Waals surface area contributed by atoms with Gasteiger partial charge in [-0.05, 0) is 32.4 Å². The molecule has 12 nitrogen and oxygen atoms in total. The second kappa shape index (κ2) is 28.8. The van der Waals surface area contributed by atoms with Crippen LogP contribution in [0.2, 0.25) is 0 Å². The lowest BCUT2D eigenvalue weighted by Gasteiger charge is -2.22. The van der Waals surface area contributed by atoms with Crippen LogP contribution in [0.4, 0.5) is 0 Å². The SMILES string of the molecule is N=C(CCN)CCCNCCN(CCN)CCNCCNCCNCCNCCN(CCN)CCN. The number of hydrogen-bond acceptors (Lipinski definition) is 12. The first-order valence-corrected chi connectivity index (χ1v) is 14.0. The van der Waals surface area contributed by atoms with Gasteiger partial charge in [-0.15, -0.1) is 0 Å². The van der Waals surface area contributed by atoms with Crippen molar-refractivity contribution in [2.24, 2.45) is 22.9 Å². The van der Waals surface area contributed by atoms with E-state index in [2.05, 4.69) is 36.4 Å². The van der Waals surface area contributed by atoms with Crippen LogP contribution < -0.4 is 49.5 Å². The highest BCUT2D eigenvalue weighted by Gasteiger charge is 2.04. The van der Waals surface area contributed by atoms with Crippen LogP contribution in [0.5, 0.6) is 0 Å². The van der Waals surface area contributed by atoms with Crippen molar-refractivity contribution in [2.75, 3.05) is 131 Å². The third kappa shape index (κ3) is 24.9. The Kier molecular flexibility index (Phi) is 28.2. The van der Waals surface area contributed by atoms with E-state index in [-0.39, 0.29) is 0 Å². The van der Waals surface area contributed by atoms with Gasteiger partial charge in [0.05, 0.1) is 0 Å². The number of rotatable bonds is 30. The van der Waals surface area contributed by atoms with Crippen LogP contribution in [0, 0.1) is 5.41 Å². The van der Waals surface area contributed by atoms with Crippen LogP contribution in [0.1, 0.15) is 19.3 Å². The predicted molar refractivity (Wildman–Crippen MR) is 155 cm³/mol. The largest absolute Gasteiger partial charge is 0.330 e. The molecule has 0 amide bonds. The third-order valence-electron chi connectivity index (χ3n) is 5.86. The van der Waals surface area contributed by atoms with Gasteiger partial charge >= 0.3 is 0 Å². The van der Waals surface area contributed by atoms with Crippen molar-refractivity contribution in [1.29, 1.82) is 5.41 Å². The quantitative estimate of drug-likeness (QED) is 0.0337. The van der Waals surface area contributed by atoms with Crippen LogP contribution in [0.3, 0.4) is 0 Å². The van der Waals surface area contributed by atoms with Crippen molar-refractivity contribution in [1.82, 2.24) is 36.4 Å². The van der Waals surface area contributed by atoms with Crippen molar-refractivity contribution in [3.63, 3.8) is 0 Å². The fourth-order valence-electron chi connectivity index (χ4n) is 3.81. The topological polar surface area (TPSA) is 195 Å². The first kappa shape index (κ1) is 35.2. The molecule has 216 valence electrons. The highest BCUT2D eigenvalue weighted by atomic mass is 15.2. The second-order valence-corrected chi connectivity index (χ2v) is 9.05. The van der Waals surface area contributed by atoms with Gasteiger partial charge in [0.25, 0.3) is 0 Å². The standard InChI is InChI=1S/C24H60N12/c25-4-3-24(29)2-1-8-30-15-22-36(20-7-28)23-17-34-14-12-32-10-9-31-11-13-33-16-21-35(18-5-26)19-6-27/h29-34H,1-23,25-28H2. The Labute approximate surface area is 220 Å². The summed E-state index contributed by atoms with van der Waals surface area (Å²) in [4.78, 5) is 4.70. The van der Waals surface area contributed by atoms with E-state index in [1.807, 2.05) is 0 Å². The minimum atomic E-state index is 0.576. The van der Waals surface area contributed by atoms with E-state index in [1.54, 1.807) is 0 Å². The van der Waals surface area contributed by atoms with Crippen molar-refractivity contribution >= 4 is 5.71 Å². The Morgan fingerprint density at radius 1 is 0.444 bits per heavy atom. The van der Waals surface area contributed by atoms with Crippen molar-refractivity contribution in [3.8, 4) is 0 Å². The lowest BCUT2D eigenvalue weighted by molar-refractivity contribution is 0.279. The van der Waals surface area contributed by atoms with E-state index in [9.17, 15) is 0 Å². The van der Waals surface area contributed by atoms with Gasteiger partial charge in [-0.1, -0.05) is 0 Å². The number of nitrogens with zero attached hydrogens (tertiary/aromatic N) is 2. The van der Waals surface area contributed by atoms with Gasteiger partial charge in [0.1, 0.15) is 0 Å². The Balaban J connectivity index is 3.48. The van der Waals surface area contributed by atoms with E-state index in [4.69, 9.17) is 28.3 Å². The fraction of sp³-hybridized carbons (Fsp3) is 0.958. The van der Waals surface area contributed by atoms with Gasteiger partial charge in [-0.3, -0.25) is 9.80 Å².